The topological polar surface area (TPSA) is 54.2 Å². The Morgan fingerprint density at radius 2 is 2.05 bits per heavy atom. The van der Waals surface area contributed by atoms with Crippen LogP contribution in [0.1, 0.15) is 30.9 Å². The van der Waals surface area contributed by atoms with E-state index in [-0.39, 0.29) is 18.4 Å². The van der Waals surface area contributed by atoms with Crippen LogP contribution in [0, 0.1) is 0 Å². The van der Waals surface area contributed by atoms with Crippen LogP contribution >= 0.6 is 0 Å². The fourth-order valence-electron chi connectivity index (χ4n) is 2.05. The summed E-state index contributed by atoms with van der Waals surface area (Å²) in [4.78, 5) is 8.02. The molecule has 0 aliphatic heterocycles. The smallest absolute Gasteiger partial charge is 0.319 e. The van der Waals surface area contributed by atoms with Crippen molar-refractivity contribution in [3.05, 3.63) is 54.1 Å². The van der Waals surface area contributed by atoms with Crippen molar-refractivity contribution in [2.45, 2.75) is 26.1 Å². The van der Waals surface area contributed by atoms with Gasteiger partial charge in [0.2, 0.25) is 0 Å². The maximum absolute atomic E-state index is 12.7. The van der Waals surface area contributed by atoms with Crippen LogP contribution in [0.5, 0.6) is 0 Å². The number of alkyl halides is 2. The van der Waals surface area contributed by atoms with E-state index >= 15 is 0 Å². The van der Waals surface area contributed by atoms with Crippen LogP contribution < -0.4 is 10.6 Å². The van der Waals surface area contributed by atoms with E-state index < -0.39 is 6.55 Å². The fraction of sp³-hybridized carbons (Fsp3) is 0.333. The SMILES string of the molecule is CN=C(NCc1nccn1C(F)F)NC(C)c1ccccc1. The van der Waals surface area contributed by atoms with Crippen LogP contribution in [0.15, 0.2) is 47.7 Å². The zero-order chi connectivity index (χ0) is 15.9. The lowest BCUT2D eigenvalue weighted by Gasteiger charge is -2.18. The van der Waals surface area contributed by atoms with Crippen LogP contribution in [0.2, 0.25) is 0 Å². The Bertz CT molecular complexity index is 609. The van der Waals surface area contributed by atoms with Gasteiger partial charge in [0, 0.05) is 19.4 Å². The average molecular weight is 307 g/mol. The van der Waals surface area contributed by atoms with E-state index in [2.05, 4.69) is 20.6 Å². The molecule has 2 aromatic rings. The van der Waals surface area contributed by atoms with Crippen molar-refractivity contribution in [3.63, 3.8) is 0 Å². The number of guanidine groups is 1. The number of benzene rings is 1. The monoisotopic (exact) mass is 307 g/mol. The van der Waals surface area contributed by atoms with E-state index in [1.54, 1.807) is 7.05 Å². The van der Waals surface area contributed by atoms with Crippen LogP contribution in [-0.4, -0.2) is 22.6 Å². The molecule has 0 saturated heterocycles. The third kappa shape index (κ3) is 4.03. The number of aliphatic imine (C=N–C) groups is 1. The third-order valence-electron chi connectivity index (χ3n) is 3.25. The Hall–Kier alpha value is -2.44. The minimum atomic E-state index is -2.60. The van der Waals surface area contributed by atoms with Gasteiger partial charge in [-0.3, -0.25) is 9.56 Å². The molecular weight excluding hydrogens is 288 g/mol. The number of hydrogen-bond donors (Lipinski definition) is 2. The first-order valence-corrected chi connectivity index (χ1v) is 6.93. The van der Waals surface area contributed by atoms with Crippen molar-refractivity contribution in [2.24, 2.45) is 4.99 Å². The summed E-state index contributed by atoms with van der Waals surface area (Å²) in [6.07, 6.45) is 2.61. The van der Waals surface area contributed by atoms with Crippen LogP contribution in [0.3, 0.4) is 0 Å². The highest BCUT2D eigenvalue weighted by Gasteiger charge is 2.12. The predicted molar refractivity (Wildman–Crippen MR) is 81.7 cm³/mol. The van der Waals surface area contributed by atoms with Crippen molar-refractivity contribution in [2.75, 3.05) is 7.05 Å². The van der Waals surface area contributed by atoms with Gasteiger partial charge in [-0.2, -0.15) is 8.78 Å². The summed E-state index contributed by atoms with van der Waals surface area (Å²) < 4.78 is 26.3. The molecule has 0 fully saturated rings. The highest BCUT2D eigenvalue weighted by atomic mass is 19.3. The van der Waals surface area contributed by atoms with Gasteiger partial charge in [-0.05, 0) is 12.5 Å². The Morgan fingerprint density at radius 3 is 2.68 bits per heavy atom. The molecule has 0 spiro atoms. The Kier molecular flexibility index (Phi) is 5.46. The number of aromatic nitrogens is 2. The van der Waals surface area contributed by atoms with E-state index in [4.69, 9.17) is 0 Å². The lowest BCUT2D eigenvalue weighted by Crippen LogP contribution is -2.38. The largest absolute Gasteiger partial charge is 0.350 e. The first-order valence-electron chi connectivity index (χ1n) is 6.93. The van der Waals surface area contributed by atoms with Gasteiger partial charge in [-0.25, -0.2) is 4.98 Å². The van der Waals surface area contributed by atoms with Gasteiger partial charge in [-0.15, -0.1) is 0 Å². The summed E-state index contributed by atoms with van der Waals surface area (Å²) >= 11 is 0. The molecule has 1 atom stereocenters. The van der Waals surface area contributed by atoms with E-state index in [0.717, 1.165) is 10.1 Å². The number of hydrogen-bond acceptors (Lipinski definition) is 2. The molecule has 7 heteroatoms. The summed E-state index contributed by atoms with van der Waals surface area (Å²) in [5.41, 5.74) is 1.11. The van der Waals surface area contributed by atoms with Crippen molar-refractivity contribution in [1.29, 1.82) is 0 Å². The van der Waals surface area contributed by atoms with Gasteiger partial charge in [0.05, 0.1) is 12.6 Å². The standard InChI is InChI=1S/C15H19F2N5/c1-11(12-6-4-3-5-7-12)21-15(18-2)20-10-13-19-8-9-22(13)14(16)17/h3-9,11,14H,10H2,1-2H3,(H2,18,20,21). The Balaban J connectivity index is 1.94. The highest BCUT2D eigenvalue weighted by Crippen LogP contribution is 2.13. The maximum Gasteiger partial charge on any atom is 0.319 e. The molecule has 2 N–H and O–H groups in total. The molecule has 0 bridgehead atoms. The van der Waals surface area contributed by atoms with E-state index in [0.29, 0.717) is 5.96 Å². The number of rotatable bonds is 5. The van der Waals surface area contributed by atoms with Crippen LogP contribution in [-0.2, 0) is 6.54 Å². The van der Waals surface area contributed by atoms with Gasteiger partial charge in [0.1, 0.15) is 5.82 Å². The molecule has 0 aliphatic carbocycles. The number of halogens is 2. The molecule has 1 aromatic heterocycles. The van der Waals surface area contributed by atoms with Crippen LogP contribution in [0.25, 0.3) is 0 Å². The lowest BCUT2D eigenvalue weighted by atomic mass is 10.1. The Morgan fingerprint density at radius 1 is 1.32 bits per heavy atom. The third-order valence-corrected chi connectivity index (χ3v) is 3.25. The zero-order valence-electron chi connectivity index (χ0n) is 12.5. The number of imidazole rings is 1. The fourth-order valence-corrected chi connectivity index (χ4v) is 2.05. The summed E-state index contributed by atoms with van der Waals surface area (Å²) in [7, 11) is 1.63. The second-order valence-corrected chi connectivity index (χ2v) is 4.73. The lowest BCUT2D eigenvalue weighted by molar-refractivity contribution is 0.0668. The van der Waals surface area contributed by atoms with Crippen molar-refractivity contribution in [1.82, 2.24) is 20.2 Å². The van der Waals surface area contributed by atoms with Gasteiger partial charge in [-0.1, -0.05) is 30.3 Å². The second kappa shape index (κ2) is 7.53. The quantitative estimate of drug-likeness (QED) is 0.659. The minimum Gasteiger partial charge on any atom is -0.350 e. The molecular formula is C15H19F2N5. The summed E-state index contributed by atoms with van der Waals surface area (Å²) in [5, 5.41) is 6.20. The average Bonchev–Trinajstić information content (AvgIpc) is 3.00. The molecule has 0 saturated carbocycles. The molecule has 2 rings (SSSR count). The van der Waals surface area contributed by atoms with E-state index in [9.17, 15) is 8.78 Å². The van der Waals surface area contributed by atoms with Crippen molar-refractivity contribution < 1.29 is 8.78 Å². The van der Waals surface area contributed by atoms with Gasteiger partial charge in [0.15, 0.2) is 5.96 Å². The van der Waals surface area contributed by atoms with Crippen molar-refractivity contribution in [3.8, 4) is 0 Å². The van der Waals surface area contributed by atoms with Gasteiger partial charge in [0.25, 0.3) is 0 Å². The van der Waals surface area contributed by atoms with E-state index in [1.807, 2.05) is 37.3 Å². The molecule has 1 unspecified atom stereocenters. The molecule has 0 aliphatic rings. The predicted octanol–water partition coefficient (Wildman–Crippen LogP) is 2.70. The number of nitrogens with one attached hydrogen (secondary N) is 2. The highest BCUT2D eigenvalue weighted by molar-refractivity contribution is 5.80. The van der Waals surface area contributed by atoms with Gasteiger partial charge < -0.3 is 10.6 Å². The molecule has 1 heterocycles. The summed E-state index contributed by atoms with van der Waals surface area (Å²) in [5.74, 6) is 0.783. The zero-order valence-corrected chi connectivity index (χ0v) is 12.5. The molecule has 118 valence electrons. The van der Waals surface area contributed by atoms with Gasteiger partial charge >= 0.3 is 6.55 Å². The molecule has 1 aromatic carbocycles. The molecule has 5 nitrogen and oxygen atoms in total. The van der Waals surface area contributed by atoms with Crippen molar-refractivity contribution >= 4 is 5.96 Å². The Labute approximate surface area is 128 Å². The molecule has 0 radical (unpaired) electrons. The summed E-state index contributed by atoms with van der Waals surface area (Å²) in [6.45, 7) is -0.432. The second-order valence-electron chi connectivity index (χ2n) is 4.73. The first kappa shape index (κ1) is 15.9. The number of nitrogens with zero attached hydrogens (tertiary/aromatic N) is 3. The maximum atomic E-state index is 12.7. The van der Waals surface area contributed by atoms with Crippen LogP contribution in [0.4, 0.5) is 8.78 Å². The molecule has 0 amide bonds. The minimum absolute atomic E-state index is 0.0437. The first-order chi connectivity index (χ1) is 10.6. The molecule has 22 heavy (non-hydrogen) atoms. The normalized spacial score (nSPS) is 13.2. The summed E-state index contributed by atoms with van der Waals surface area (Å²) in [6, 6.07) is 9.94. The van der Waals surface area contributed by atoms with E-state index in [1.165, 1.54) is 12.4 Å².